The fourth-order valence-corrected chi connectivity index (χ4v) is 6.19. The summed E-state index contributed by atoms with van der Waals surface area (Å²) in [6, 6.07) is 14.4. The molecular weight excluding hydrogens is 377 g/mol. The van der Waals surface area contributed by atoms with Crippen molar-refractivity contribution in [2.45, 2.75) is 72.3 Å². The van der Waals surface area contributed by atoms with Crippen molar-refractivity contribution in [3.05, 3.63) is 65.0 Å². The van der Waals surface area contributed by atoms with Gasteiger partial charge in [-0.2, -0.15) is 0 Å². The molecule has 0 spiro atoms. The third-order valence-electron chi connectivity index (χ3n) is 7.73. The zero-order valence-electron chi connectivity index (χ0n) is 20.1. The Morgan fingerprint density at radius 1 is 1.06 bits per heavy atom. The predicted molar refractivity (Wildman–Crippen MR) is 131 cm³/mol. The summed E-state index contributed by atoms with van der Waals surface area (Å²) < 4.78 is 5.04. The summed E-state index contributed by atoms with van der Waals surface area (Å²) in [5.41, 5.74) is 10.1. The van der Waals surface area contributed by atoms with Crippen LogP contribution in [-0.2, 0) is 7.05 Å². The first kappa shape index (κ1) is 20.4. The van der Waals surface area contributed by atoms with Gasteiger partial charge in [-0.15, -0.1) is 0 Å². The van der Waals surface area contributed by atoms with Crippen molar-refractivity contribution in [1.82, 2.24) is 4.48 Å². The summed E-state index contributed by atoms with van der Waals surface area (Å²) in [5.74, 6) is 2.24. The van der Waals surface area contributed by atoms with Crippen LogP contribution in [0.2, 0.25) is 0 Å². The monoisotopic (exact) mass is 412 g/mol. The first-order valence-electron chi connectivity index (χ1n) is 12.0. The van der Waals surface area contributed by atoms with Crippen LogP contribution in [-0.4, -0.2) is 17.5 Å². The van der Waals surface area contributed by atoms with Crippen LogP contribution in [0.1, 0.15) is 81.7 Å². The van der Waals surface area contributed by atoms with E-state index in [4.69, 9.17) is 0 Å². The number of nitrogens with zero attached hydrogens (tertiary/aromatic N) is 3. The topological polar surface area (TPSA) is 12.1 Å². The minimum absolute atomic E-state index is 0.218. The Balaban J connectivity index is 1.93. The van der Waals surface area contributed by atoms with Gasteiger partial charge in [0, 0.05) is 23.1 Å². The average molecular weight is 412 g/mol. The van der Waals surface area contributed by atoms with Crippen molar-refractivity contribution in [2.75, 3.05) is 4.81 Å². The second-order valence-corrected chi connectivity index (χ2v) is 9.81. The lowest BCUT2D eigenvalue weighted by Gasteiger charge is -2.43. The van der Waals surface area contributed by atoms with E-state index in [1.807, 2.05) is 0 Å². The van der Waals surface area contributed by atoms with Gasteiger partial charge >= 0.3 is 6.98 Å². The van der Waals surface area contributed by atoms with Crippen LogP contribution >= 0.6 is 0 Å². The standard InChI is InChI=1S/C27H35BN3/c1-8-20(9-2)30-23-15-10-12-18(5)25(23)27-29(7)16-24-19(6)22-14-11-13-21(17(3)4)26(22)28(30)31(24)27/h10-17,19-20H,8-9H2,1-7H3/q+1. The van der Waals surface area contributed by atoms with Crippen LogP contribution in [0.5, 0.6) is 0 Å². The van der Waals surface area contributed by atoms with Crippen LogP contribution in [0.4, 0.5) is 5.69 Å². The molecule has 1 unspecified atom stereocenters. The highest BCUT2D eigenvalue weighted by Gasteiger charge is 2.53. The van der Waals surface area contributed by atoms with Crippen LogP contribution < -0.4 is 14.8 Å². The van der Waals surface area contributed by atoms with Gasteiger partial charge in [0.2, 0.25) is 0 Å². The highest BCUT2D eigenvalue weighted by molar-refractivity contribution is 6.77. The Morgan fingerprint density at radius 2 is 1.77 bits per heavy atom. The number of imidazole rings is 1. The van der Waals surface area contributed by atoms with Crippen LogP contribution in [0.3, 0.4) is 0 Å². The molecule has 2 aliphatic heterocycles. The Kier molecular flexibility index (Phi) is 4.80. The number of hydrogen-bond acceptors (Lipinski definition) is 1. The summed E-state index contributed by atoms with van der Waals surface area (Å²) in [6.07, 6.45) is 4.67. The quantitative estimate of drug-likeness (QED) is 0.428. The number of benzene rings is 2. The van der Waals surface area contributed by atoms with Crippen molar-refractivity contribution in [3.8, 4) is 11.4 Å². The van der Waals surface area contributed by atoms with Crippen molar-refractivity contribution < 1.29 is 4.57 Å². The molecule has 2 aliphatic rings. The normalized spacial score (nSPS) is 16.6. The van der Waals surface area contributed by atoms with Gasteiger partial charge in [0.05, 0.1) is 12.6 Å². The van der Waals surface area contributed by atoms with E-state index in [1.165, 1.54) is 44.9 Å². The van der Waals surface area contributed by atoms with Gasteiger partial charge in [-0.3, -0.25) is 4.48 Å². The number of hydrogen-bond donors (Lipinski definition) is 0. The summed E-state index contributed by atoms with van der Waals surface area (Å²) in [4.78, 5) is 2.76. The molecule has 1 atom stereocenters. The average Bonchev–Trinajstić information content (AvgIpc) is 3.10. The molecule has 160 valence electrons. The Bertz CT molecular complexity index is 1160. The molecule has 5 rings (SSSR count). The number of aryl methyl sites for hydroxylation is 2. The Morgan fingerprint density at radius 3 is 2.45 bits per heavy atom. The first-order valence-corrected chi connectivity index (χ1v) is 12.0. The predicted octanol–water partition coefficient (Wildman–Crippen LogP) is 5.13. The molecule has 2 aromatic carbocycles. The number of fused-ring (bicyclic) bond motifs is 4. The van der Waals surface area contributed by atoms with Crippen LogP contribution in [0, 0.1) is 6.92 Å². The number of rotatable bonds is 4. The van der Waals surface area contributed by atoms with E-state index in [1.54, 1.807) is 0 Å². The smallest absolute Gasteiger partial charge is 0.367 e. The fourth-order valence-electron chi connectivity index (χ4n) is 6.19. The Labute approximate surface area is 187 Å². The number of anilines is 1. The zero-order chi connectivity index (χ0) is 22.0. The van der Waals surface area contributed by atoms with Crippen molar-refractivity contribution in [2.24, 2.45) is 7.05 Å². The van der Waals surface area contributed by atoms with Gasteiger partial charge in [-0.1, -0.05) is 65.0 Å². The molecule has 3 aromatic rings. The molecule has 0 saturated carbocycles. The highest BCUT2D eigenvalue weighted by atomic mass is 15.3. The summed E-state index contributed by atoms with van der Waals surface area (Å²) >= 11 is 0. The van der Waals surface area contributed by atoms with E-state index in [0.717, 1.165) is 12.8 Å². The highest BCUT2D eigenvalue weighted by Crippen LogP contribution is 2.44. The largest absolute Gasteiger partial charge is 0.538 e. The lowest BCUT2D eigenvalue weighted by molar-refractivity contribution is -0.659. The van der Waals surface area contributed by atoms with Gasteiger partial charge in [-0.25, -0.2) is 4.57 Å². The maximum atomic E-state index is 2.76. The van der Waals surface area contributed by atoms with Crippen LogP contribution in [0.15, 0.2) is 42.6 Å². The molecule has 0 bridgehead atoms. The van der Waals surface area contributed by atoms with E-state index in [2.05, 4.69) is 105 Å². The molecule has 0 aliphatic carbocycles. The van der Waals surface area contributed by atoms with Gasteiger partial charge in [0.1, 0.15) is 11.9 Å². The first-order chi connectivity index (χ1) is 14.9. The lowest BCUT2D eigenvalue weighted by Crippen LogP contribution is -2.64. The van der Waals surface area contributed by atoms with E-state index in [-0.39, 0.29) is 6.98 Å². The van der Waals surface area contributed by atoms with Gasteiger partial charge in [0.15, 0.2) is 0 Å². The molecular formula is C27H35BN3+. The van der Waals surface area contributed by atoms with Gasteiger partial charge < -0.3 is 4.81 Å². The van der Waals surface area contributed by atoms with Crippen molar-refractivity contribution in [1.29, 1.82) is 0 Å². The molecule has 0 saturated heterocycles. The molecule has 0 N–H and O–H groups in total. The fraction of sp³-hybridized carbons (Fsp3) is 0.444. The second-order valence-electron chi connectivity index (χ2n) is 9.81. The summed E-state index contributed by atoms with van der Waals surface area (Å²) in [5, 5.41) is 0. The Hall–Kier alpha value is -2.49. The van der Waals surface area contributed by atoms with E-state index >= 15 is 0 Å². The van der Waals surface area contributed by atoms with E-state index in [9.17, 15) is 0 Å². The van der Waals surface area contributed by atoms with Crippen molar-refractivity contribution in [3.63, 3.8) is 0 Å². The zero-order valence-corrected chi connectivity index (χ0v) is 20.1. The maximum absolute atomic E-state index is 2.76. The molecule has 3 heterocycles. The van der Waals surface area contributed by atoms with Crippen LogP contribution in [0.25, 0.3) is 11.4 Å². The minimum atomic E-state index is 0.218. The SMILES string of the molecule is CCC(CC)N1B2c3c(C(C)C)cccc3C(C)c3c[n+](C)c(n32)-c2c(C)cccc21. The molecule has 1 aromatic heterocycles. The molecule has 0 fully saturated rings. The second kappa shape index (κ2) is 7.29. The van der Waals surface area contributed by atoms with Gasteiger partial charge in [-0.05, 0) is 48.4 Å². The summed E-state index contributed by atoms with van der Waals surface area (Å²) in [6.45, 7) is 14.2. The third-order valence-corrected chi connectivity index (χ3v) is 7.73. The number of aromatic nitrogens is 2. The molecule has 4 heteroatoms. The molecule has 3 nitrogen and oxygen atoms in total. The van der Waals surface area contributed by atoms with E-state index < -0.39 is 0 Å². The molecule has 0 radical (unpaired) electrons. The minimum Gasteiger partial charge on any atom is -0.367 e. The van der Waals surface area contributed by atoms with Gasteiger partial charge in [0.25, 0.3) is 5.82 Å². The summed E-state index contributed by atoms with van der Waals surface area (Å²) in [7, 11) is 2.22. The molecule has 31 heavy (non-hydrogen) atoms. The lowest BCUT2D eigenvalue weighted by atomic mass is 9.54. The third kappa shape index (κ3) is 2.70. The van der Waals surface area contributed by atoms with E-state index in [0.29, 0.717) is 17.9 Å². The molecule has 0 amide bonds. The maximum Gasteiger partial charge on any atom is 0.538 e. The van der Waals surface area contributed by atoms with Crippen molar-refractivity contribution >= 4 is 18.1 Å².